The van der Waals surface area contributed by atoms with Crippen molar-refractivity contribution in [1.82, 2.24) is 0 Å². The summed E-state index contributed by atoms with van der Waals surface area (Å²) >= 11 is 0. The molecule has 38 heavy (non-hydrogen) atoms. The number of allylic oxidation sites excluding steroid dienone is 2. The van der Waals surface area contributed by atoms with Crippen LogP contribution in [-0.2, 0) is 28.4 Å². The van der Waals surface area contributed by atoms with E-state index in [1.165, 1.54) is 0 Å². The standard InChI is InChI=1S/C32H35NO4S/c1-4-23-17-21(3)18-24(5-2)30(23)31-27(34)19-22(20-28(31)35)15-16-38(37)29-14-10-9-13-26(29)33-32(36)25-11-7-6-8-12-25/h6-14,17-18,22,34H,4-5,15-16,19-20H2,1-3H3,(H,33,36). The lowest BCUT2D eigenvalue weighted by molar-refractivity contribution is -0.115. The van der Waals surface area contributed by atoms with Crippen LogP contribution in [0.2, 0.25) is 0 Å². The molecule has 0 saturated carbocycles. The van der Waals surface area contributed by atoms with Crippen LogP contribution >= 0.6 is 0 Å². The summed E-state index contributed by atoms with van der Waals surface area (Å²) in [4.78, 5) is 26.5. The van der Waals surface area contributed by atoms with Crippen molar-refractivity contribution in [3.8, 4) is 0 Å². The summed E-state index contributed by atoms with van der Waals surface area (Å²) in [5, 5.41) is 13.9. The second kappa shape index (κ2) is 12.4. The van der Waals surface area contributed by atoms with Crippen LogP contribution in [0.3, 0.4) is 0 Å². The number of carbonyl (C=O) groups excluding carboxylic acids is 2. The minimum absolute atomic E-state index is 0.0479. The van der Waals surface area contributed by atoms with Crippen molar-refractivity contribution >= 4 is 33.8 Å². The number of rotatable bonds is 9. The third-order valence-corrected chi connectivity index (χ3v) is 8.56. The lowest BCUT2D eigenvalue weighted by atomic mass is 9.79. The highest BCUT2D eigenvalue weighted by atomic mass is 32.2. The van der Waals surface area contributed by atoms with Gasteiger partial charge >= 0.3 is 0 Å². The topological polar surface area (TPSA) is 83.5 Å². The number of benzene rings is 3. The Labute approximate surface area is 227 Å². The summed E-state index contributed by atoms with van der Waals surface area (Å²) in [6.07, 6.45) is 2.83. The van der Waals surface area contributed by atoms with Crippen LogP contribution < -0.4 is 5.32 Å². The molecule has 5 nitrogen and oxygen atoms in total. The van der Waals surface area contributed by atoms with Crippen molar-refractivity contribution in [3.05, 3.63) is 100 Å². The lowest BCUT2D eigenvalue weighted by Crippen LogP contribution is -2.22. The van der Waals surface area contributed by atoms with Crippen LogP contribution in [0.25, 0.3) is 5.57 Å². The van der Waals surface area contributed by atoms with Crippen molar-refractivity contribution in [1.29, 1.82) is 0 Å². The molecular weight excluding hydrogens is 494 g/mol. The van der Waals surface area contributed by atoms with Crippen LogP contribution in [0.1, 0.15) is 65.7 Å². The van der Waals surface area contributed by atoms with E-state index in [9.17, 15) is 18.9 Å². The Hall–Kier alpha value is -3.51. The second-order valence-electron chi connectivity index (χ2n) is 9.84. The molecule has 3 aromatic rings. The van der Waals surface area contributed by atoms with Gasteiger partial charge in [0.05, 0.1) is 27.0 Å². The predicted molar refractivity (Wildman–Crippen MR) is 154 cm³/mol. The Morgan fingerprint density at radius 3 is 2.24 bits per heavy atom. The average Bonchev–Trinajstić information content (AvgIpc) is 2.92. The molecule has 1 aliphatic carbocycles. The molecule has 0 bridgehead atoms. The summed E-state index contributed by atoms with van der Waals surface area (Å²) in [7, 11) is -1.37. The van der Waals surface area contributed by atoms with E-state index in [-0.39, 0.29) is 23.4 Å². The molecule has 0 aliphatic heterocycles. The fourth-order valence-corrected chi connectivity index (χ4v) is 6.58. The van der Waals surface area contributed by atoms with E-state index in [1.54, 1.807) is 48.5 Å². The van der Waals surface area contributed by atoms with Gasteiger partial charge in [-0.25, -0.2) is 0 Å². The van der Waals surface area contributed by atoms with Crippen molar-refractivity contribution in [2.75, 3.05) is 11.1 Å². The number of hydrogen-bond acceptors (Lipinski definition) is 4. The number of aliphatic hydroxyl groups is 1. The van der Waals surface area contributed by atoms with E-state index in [1.807, 2.05) is 6.07 Å². The molecule has 4 rings (SSSR count). The molecule has 0 radical (unpaired) electrons. The van der Waals surface area contributed by atoms with Gasteiger partial charge in [0.1, 0.15) is 5.76 Å². The van der Waals surface area contributed by atoms with Crippen LogP contribution in [0.5, 0.6) is 0 Å². The van der Waals surface area contributed by atoms with E-state index < -0.39 is 10.8 Å². The smallest absolute Gasteiger partial charge is 0.255 e. The molecular formula is C32H35NO4S. The van der Waals surface area contributed by atoms with E-state index in [4.69, 9.17) is 0 Å². The molecule has 3 aromatic carbocycles. The van der Waals surface area contributed by atoms with Crippen LogP contribution in [-0.4, -0.2) is 26.8 Å². The molecule has 6 heteroatoms. The average molecular weight is 530 g/mol. The molecule has 0 heterocycles. The first-order chi connectivity index (χ1) is 18.3. The van der Waals surface area contributed by atoms with Gasteiger partial charge in [-0.3, -0.25) is 13.8 Å². The Morgan fingerprint density at radius 1 is 0.974 bits per heavy atom. The summed E-state index contributed by atoms with van der Waals surface area (Å²) in [6, 6.07) is 20.2. The maximum atomic E-state index is 13.3. The van der Waals surface area contributed by atoms with Crippen molar-refractivity contribution < 1.29 is 18.9 Å². The van der Waals surface area contributed by atoms with Gasteiger partial charge in [-0.15, -0.1) is 0 Å². The predicted octanol–water partition coefficient (Wildman–Crippen LogP) is 6.82. The zero-order valence-electron chi connectivity index (χ0n) is 22.3. The first kappa shape index (κ1) is 27.5. The molecule has 0 aromatic heterocycles. The van der Waals surface area contributed by atoms with Gasteiger partial charge in [-0.2, -0.15) is 0 Å². The number of carbonyl (C=O) groups is 2. The Bertz CT molecular complexity index is 1370. The maximum absolute atomic E-state index is 13.3. The highest BCUT2D eigenvalue weighted by Gasteiger charge is 2.31. The van der Waals surface area contributed by atoms with Gasteiger partial charge in [-0.1, -0.05) is 61.9 Å². The zero-order valence-corrected chi connectivity index (χ0v) is 23.1. The third-order valence-electron chi connectivity index (χ3n) is 7.11. The summed E-state index contributed by atoms with van der Waals surface area (Å²) in [5.41, 5.74) is 5.74. The van der Waals surface area contributed by atoms with E-state index >= 15 is 0 Å². The van der Waals surface area contributed by atoms with Gasteiger partial charge < -0.3 is 10.4 Å². The SMILES string of the molecule is CCc1cc(C)cc(CC)c1C1=C(O)CC(CCS(=O)c2ccccc2NC(=O)c2ccccc2)CC1=O. The number of para-hydroxylation sites is 1. The van der Waals surface area contributed by atoms with Crippen LogP contribution in [0.15, 0.2) is 77.4 Å². The van der Waals surface area contributed by atoms with Gasteiger partial charge in [-0.05, 0) is 73.1 Å². The molecule has 198 valence electrons. The minimum Gasteiger partial charge on any atom is -0.512 e. The molecule has 1 amide bonds. The zero-order chi connectivity index (χ0) is 27.2. The van der Waals surface area contributed by atoms with Crippen molar-refractivity contribution in [2.24, 2.45) is 5.92 Å². The fourth-order valence-electron chi connectivity index (χ4n) is 5.22. The van der Waals surface area contributed by atoms with Gasteiger partial charge in [0.15, 0.2) is 5.78 Å². The van der Waals surface area contributed by atoms with Crippen molar-refractivity contribution in [2.45, 2.75) is 57.8 Å². The number of anilines is 1. The van der Waals surface area contributed by atoms with Crippen LogP contribution in [0, 0.1) is 12.8 Å². The Balaban J connectivity index is 1.47. The first-order valence-electron chi connectivity index (χ1n) is 13.2. The monoisotopic (exact) mass is 529 g/mol. The van der Waals surface area contributed by atoms with E-state index in [0.717, 1.165) is 35.1 Å². The highest BCUT2D eigenvalue weighted by Crippen LogP contribution is 2.37. The van der Waals surface area contributed by atoms with E-state index in [2.05, 4.69) is 38.2 Å². The molecule has 0 spiro atoms. The number of amides is 1. The number of Topliss-reactive ketones (excluding diaryl/α,β-unsaturated/α-hetero) is 1. The maximum Gasteiger partial charge on any atom is 0.255 e. The molecule has 0 fully saturated rings. The normalized spacial score (nSPS) is 16.4. The number of hydrogen-bond donors (Lipinski definition) is 2. The molecule has 0 saturated heterocycles. The highest BCUT2D eigenvalue weighted by molar-refractivity contribution is 7.85. The second-order valence-corrected chi connectivity index (χ2v) is 11.4. The Kier molecular flexibility index (Phi) is 8.95. The number of nitrogens with one attached hydrogen (secondary N) is 1. The quantitative estimate of drug-likeness (QED) is 0.319. The minimum atomic E-state index is -1.37. The molecule has 2 unspecified atom stereocenters. The lowest BCUT2D eigenvalue weighted by Gasteiger charge is -2.26. The van der Waals surface area contributed by atoms with Gasteiger partial charge in [0.25, 0.3) is 5.91 Å². The van der Waals surface area contributed by atoms with E-state index in [0.29, 0.717) is 46.7 Å². The van der Waals surface area contributed by atoms with Gasteiger partial charge in [0, 0.05) is 24.2 Å². The molecule has 2 atom stereocenters. The third kappa shape index (κ3) is 6.13. The number of aryl methyl sites for hydroxylation is 3. The molecule has 2 N–H and O–H groups in total. The fraction of sp³-hybridized carbons (Fsp3) is 0.312. The van der Waals surface area contributed by atoms with Crippen molar-refractivity contribution in [3.63, 3.8) is 0 Å². The summed E-state index contributed by atoms with van der Waals surface area (Å²) in [6.45, 7) is 6.20. The number of aliphatic hydroxyl groups excluding tert-OH is 1. The summed E-state index contributed by atoms with van der Waals surface area (Å²) in [5.74, 6) is 0.0875. The Morgan fingerprint density at radius 2 is 1.61 bits per heavy atom. The number of ketones is 1. The van der Waals surface area contributed by atoms with Gasteiger partial charge in [0.2, 0.25) is 0 Å². The summed E-state index contributed by atoms with van der Waals surface area (Å²) < 4.78 is 13.3. The van der Waals surface area contributed by atoms with Crippen LogP contribution in [0.4, 0.5) is 5.69 Å². The first-order valence-corrected chi connectivity index (χ1v) is 14.6. The molecule has 1 aliphatic rings. The largest absolute Gasteiger partial charge is 0.512 e.